The van der Waals surface area contributed by atoms with E-state index in [1.165, 1.54) is 18.2 Å². The molecule has 0 saturated carbocycles. The molecule has 0 saturated heterocycles. The third-order valence-electron chi connectivity index (χ3n) is 2.10. The van der Waals surface area contributed by atoms with Crippen LogP contribution in [0.3, 0.4) is 0 Å². The Morgan fingerprint density at radius 3 is 2.79 bits per heavy atom. The molecule has 0 spiro atoms. The molecule has 1 aromatic carbocycles. The molecule has 2 rings (SSSR count). The van der Waals surface area contributed by atoms with Crippen LogP contribution in [0.1, 0.15) is 11.4 Å². The van der Waals surface area contributed by atoms with E-state index in [2.05, 4.69) is 14.1 Å². The Morgan fingerprint density at radius 1 is 1.47 bits per heavy atom. The third kappa shape index (κ3) is 3.01. The van der Waals surface area contributed by atoms with Crippen molar-refractivity contribution < 1.29 is 8.42 Å². The second-order valence-corrected chi connectivity index (χ2v) is 6.32. The van der Waals surface area contributed by atoms with E-state index < -0.39 is 10.0 Å². The van der Waals surface area contributed by atoms with Crippen molar-refractivity contribution in [3.63, 3.8) is 0 Å². The number of nitrogens with zero attached hydrogens (tertiary/aromatic N) is 3. The van der Waals surface area contributed by atoms with Gasteiger partial charge in [0.2, 0.25) is 5.13 Å². The number of hydrogen-bond acceptors (Lipinski definition) is 6. The molecule has 0 aliphatic rings. The monoisotopic (exact) mass is 314 g/mol. The first-order valence-electron chi connectivity index (χ1n) is 4.95. The summed E-state index contributed by atoms with van der Waals surface area (Å²) < 4.78 is 30.4. The lowest BCUT2D eigenvalue weighted by Crippen LogP contribution is -2.13. The second kappa shape index (κ2) is 5.13. The number of rotatable bonds is 3. The standard InChI is InChI=1S/C10H7ClN4O2S2/c1-6-13-10(18-14-6)15-19(16,17)9-4-7(5-12)2-3-8(9)11/h2-4H,1H3,(H,13,14,15). The molecule has 0 bridgehead atoms. The van der Waals surface area contributed by atoms with Crippen LogP contribution >= 0.6 is 23.1 Å². The molecule has 0 fully saturated rings. The van der Waals surface area contributed by atoms with E-state index in [-0.39, 0.29) is 20.6 Å². The lowest BCUT2D eigenvalue weighted by Gasteiger charge is -2.06. The van der Waals surface area contributed by atoms with E-state index in [0.29, 0.717) is 5.82 Å². The van der Waals surface area contributed by atoms with Crippen molar-refractivity contribution in [1.29, 1.82) is 5.26 Å². The van der Waals surface area contributed by atoms with E-state index in [1.54, 1.807) is 6.92 Å². The Bertz CT molecular complexity index is 764. The molecule has 19 heavy (non-hydrogen) atoms. The zero-order chi connectivity index (χ0) is 14.0. The van der Waals surface area contributed by atoms with Gasteiger partial charge in [0.25, 0.3) is 10.0 Å². The minimum Gasteiger partial charge on any atom is -0.253 e. The summed E-state index contributed by atoms with van der Waals surface area (Å²) in [5.41, 5.74) is 0.207. The normalized spacial score (nSPS) is 11.0. The van der Waals surface area contributed by atoms with Gasteiger partial charge in [-0.2, -0.15) is 9.64 Å². The molecule has 0 aliphatic carbocycles. The Hall–Kier alpha value is -1.69. The maximum Gasteiger partial charge on any atom is 0.265 e. The van der Waals surface area contributed by atoms with Crippen LogP contribution in [-0.2, 0) is 10.0 Å². The fourth-order valence-corrected chi connectivity index (χ4v) is 3.61. The minimum absolute atomic E-state index is 0.0349. The number of nitriles is 1. The first-order valence-corrected chi connectivity index (χ1v) is 7.58. The first kappa shape index (κ1) is 13.7. The number of benzene rings is 1. The largest absolute Gasteiger partial charge is 0.265 e. The van der Waals surface area contributed by atoms with Crippen molar-refractivity contribution >= 4 is 38.3 Å². The smallest absolute Gasteiger partial charge is 0.253 e. The van der Waals surface area contributed by atoms with Gasteiger partial charge in [0.15, 0.2) is 0 Å². The van der Waals surface area contributed by atoms with Gasteiger partial charge in [-0.25, -0.2) is 13.4 Å². The average molecular weight is 315 g/mol. The summed E-state index contributed by atoms with van der Waals surface area (Å²) in [5, 5.41) is 8.97. The van der Waals surface area contributed by atoms with Crippen molar-refractivity contribution in [3.8, 4) is 6.07 Å². The fraction of sp³-hybridized carbons (Fsp3) is 0.100. The highest BCUT2D eigenvalue weighted by molar-refractivity contribution is 7.93. The van der Waals surface area contributed by atoms with Crippen LogP contribution in [0.5, 0.6) is 0 Å². The van der Waals surface area contributed by atoms with Crippen LogP contribution in [-0.4, -0.2) is 17.8 Å². The van der Waals surface area contributed by atoms with E-state index in [1.807, 2.05) is 6.07 Å². The molecular formula is C10H7ClN4O2S2. The lowest BCUT2D eigenvalue weighted by atomic mass is 10.2. The summed E-state index contributed by atoms with van der Waals surface area (Å²) in [4.78, 5) is 3.74. The molecule has 1 N–H and O–H groups in total. The number of aromatic nitrogens is 2. The Balaban J connectivity index is 2.42. The van der Waals surface area contributed by atoms with E-state index >= 15 is 0 Å². The topological polar surface area (TPSA) is 95.7 Å². The highest BCUT2D eigenvalue weighted by Gasteiger charge is 2.20. The Kier molecular flexibility index (Phi) is 3.71. The van der Waals surface area contributed by atoms with Crippen molar-refractivity contribution in [3.05, 3.63) is 34.6 Å². The average Bonchev–Trinajstić information content (AvgIpc) is 2.74. The SMILES string of the molecule is Cc1nsc(NS(=O)(=O)c2cc(C#N)ccc2Cl)n1. The molecule has 98 valence electrons. The van der Waals surface area contributed by atoms with Crippen molar-refractivity contribution in [2.45, 2.75) is 11.8 Å². The molecule has 0 atom stereocenters. The van der Waals surface area contributed by atoms with Gasteiger partial charge < -0.3 is 0 Å². The highest BCUT2D eigenvalue weighted by atomic mass is 35.5. The highest BCUT2D eigenvalue weighted by Crippen LogP contribution is 2.25. The van der Waals surface area contributed by atoms with Crippen LogP contribution in [0.15, 0.2) is 23.1 Å². The molecule has 0 aliphatic heterocycles. The molecule has 2 aromatic rings. The minimum atomic E-state index is -3.89. The predicted octanol–water partition coefficient (Wildman–Crippen LogP) is 2.17. The molecule has 6 nitrogen and oxygen atoms in total. The summed E-state index contributed by atoms with van der Waals surface area (Å²) in [6.07, 6.45) is 0. The summed E-state index contributed by atoms with van der Waals surface area (Å²) >= 11 is 6.78. The van der Waals surface area contributed by atoms with Gasteiger partial charge in [0.05, 0.1) is 16.7 Å². The fourth-order valence-electron chi connectivity index (χ4n) is 1.29. The molecule has 0 amide bonds. The number of nitrogens with one attached hydrogen (secondary N) is 1. The summed E-state index contributed by atoms with van der Waals surface area (Å²) in [6, 6.07) is 5.87. The summed E-state index contributed by atoms with van der Waals surface area (Å²) in [5.74, 6) is 0.472. The molecule has 9 heteroatoms. The number of halogens is 1. The van der Waals surface area contributed by atoms with Crippen molar-refractivity contribution in [1.82, 2.24) is 9.36 Å². The second-order valence-electron chi connectivity index (χ2n) is 3.51. The zero-order valence-corrected chi connectivity index (χ0v) is 12.0. The van der Waals surface area contributed by atoms with Crippen LogP contribution < -0.4 is 4.72 Å². The van der Waals surface area contributed by atoms with Gasteiger partial charge in [-0.3, -0.25) is 4.72 Å². The predicted molar refractivity (Wildman–Crippen MR) is 71.6 cm³/mol. The number of aryl methyl sites for hydroxylation is 1. The van der Waals surface area contributed by atoms with Crippen molar-refractivity contribution in [2.75, 3.05) is 4.72 Å². The summed E-state index contributed by atoms with van der Waals surface area (Å²) in [6.45, 7) is 1.65. The van der Waals surface area contributed by atoms with Gasteiger partial charge in [-0.1, -0.05) is 11.6 Å². The van der Waals surface area contributed by atoms with Crippen LogP contribution in [0.4, 0.5) is 5.13 Å². The number of anilines is 1. The van der Waals surface area contributed by atoms with Gasteiger partial charge >= 0.3 is 0 Å². The Labute approximate surface area is 118 Å². The van der Waals surface area contributed by atoms with E-state index in [9.17, 15) is 8.42 Å². The quantitative estimate of drug-likeness (QED) is 0.936. The molecule has 1 aromatic heterocycles. The number of sulfonamides is 1. The van der Waals surface area contributed by atoms with Crippen LogP contribution in [0.25, 0.3) is 0 Å². The maximum absolute atomic E-state index is 12.1. The lowest BCUT2D eigenvalue weighted by molar-refractivity contribution is 0.601. The van der Waals surface area contributed by atoms with Crippen LogP contribution in [0.2, 0.25) is 5.02 Å². The van der Waals surface area contributed by atoms with Gasteiger partial charge in [-0.05, 0) is 25.1 Å². The molecule has 0 radical (unpaired) electrons. The Morgan fingerprint density at radius 2 is 2.21 bits per heavy atom. The molecule has 1 heterocycles. The maximum atomic E-state index is 12.1. The van der Waals surface area contributed by atoms with Gasteiger partial charge in [-0.15, -0.1) is 0 Å². The summed E-state index contributed by atoms with van der Waals surface area (Å²) in [7, 11) is -3.89. The van der Waals surface area contributed by atoms with E-state index in [4.69, 9.17) is 16.9 Å². The van der Waals surface area contributed by atoms with Crippen LogP contribution in [0, 0.1) is 18.3 Å². The number of hydrogen-bond donors (Lipinski definition) is 1. The third-order valence-corrected chi connectivity index (χ3v) is 4.77. The molecule has 0 unspecified atom stereocenters. The first-order chi connectivity index (χ1) is 8.92. The zero-order valence-electron chi connectivity index (χ0n) is 9.58. The molecular weight excluding hydrogens is 308 g/mol. The van der Waals surface area contributed by atoms with Crippen molar-refractivity contribution in [2.24, 2.45) is 0 Å². The van der Waals surface area contributed by atoms with Gasteiger partial charge in [0.1, 0.15) is 10.7 Å². The van der Waals surface area contributed by atoms with E-state index in [0.717, 1.165) is 11.5 Å². The van der Waals surface area contributed by atoms with Gasteiger partial charge in [0, 0.05) is 11.5 Å².